The molecule has 0 spiro atoms. The lowest BCUT2D eigenvalue weighted by molar-refractivity contribution is 0.0950. The zero-order valence-electron chi connectivity index (χ0n) is 20.0. The van der Waals surface area contributed by atoms with E-state index in [0.717, 1.165) is 33.9 Å². The van der Waals surface area contributed by atoms with E-state index in [9.17, 15) is 4.79 Å². The average molecular weight is 461 g/mol. The summed E-state index contributed by atoms with van der Waals surface area (Å²) in [5.41, 5.74) is 6.00. The first kappa shape index (κ1) is 23.1. The van der Waals surface area contributed by atoms with Gasteiger partial charge in [0.1, 0.15) is 12.4 Å². The van der Waals surface area contributed by atoms with Crippen molar-refractivity contribution >= 4 is 5.91 Å². The van der Waals surface area contributed by atoms with Crippen LogP contribution in [-0.4, -0.2) is 28.0 Å². The van der Waals surface area contributed by atoms with Crippen molar-refractivity contribution in [3.63, 3.8) is 0 Å². The first-order valence-electron chi connectivity index (χ1n) is 11.0. The van der Waals surface area contributed by atoms with E-state index in [1.165, 1.54) is 0 Å². The molecule has 0 aliphatic heterocycles. The maximum Gasteiger partial charge on any atom is 0.251 e. The van der Waals surface area contributed by atoms with Gasteiger partial charge in [0.15, 0.2) is 11.5 Å². The summed E-state index contributed by atoms with van der Waals surface area (Å²) in [4.78, 5) is 12.9. The fraction of sp³-hybridized carbons (Fsp3) is 0.269. The maximum atomic E-state index is 12.9. The maximum absolute atomic E-state index is 12.9. The SMILES string of the molecule is COc1cc(C(=O)NCc2c(C)nn(-c3ccccc3)c2C)ccc1OCc1c(C)noc1C. The van der Waals surface area contributed by atoms with Crippen molar-refractivity contribution in [3.05, 3.63) is 88.1 Å². The Morgan fingerprint density at radius 2 is 1.76 bits per heavy atom. The van der Waals surface area contributed by atoms with Gasteiger partial charge in [-0.1, -0.05) is 23.4 Å². The van der Waals surface area contributed by atoms with E-state index in [2.05, 4.69) is 15.6 Å². The van der Waals surface area contributed by atoms with E-state index in [1.807, 2.05) is 62.7 Å². The third kappa shape index (κ3) is 4.66. The van der Waals surface area contributed by atoms with Crippen molar-refractivity contribution in [2.24, 2.45) is 0 Å². The van der Waals surface area contributed by atoms with E-state index in [-0.39, 0.29) is 5.91 Å². The summed E-state index contributed by atoms with van der Waals surface area (Å²) < 4.78 is 18.4. The highest BCUT2D eigenvalue weighted by atomic mass is 16.5. The molecule has 2 heterocycles. The number of aromatic nitrogens is 3. The third-order valence-electron chi connectivity index (χ3n) is 5.85. The molecule has 1 N–H and O–H groups in total. The van der Waals surface area contributed by atoms with Crippen molar-refractivity contribution in [3.8, 4) is 17.2 Å². The second kappa shape index (κ2) is 9.82. The summed E-state index contributed by atoms with van der Waals surface area (Å²) >= 11 is 0. The molecule has 8 heteroatoms. The van der Waals surface area contributed by atoms with Gasteiger partial charge in [-0.25, -0.2) is 4.68 Å². The molecule has 4 rings (SSSR count). The van der Waals surface area contributed by atoms with Crippen LogP contribution in [0.15, 0.2) is 53.1 Å². The van der Waals surface area contributed by atoms with Crippen LogP contribution in [0.1, 0.15) is 44.3 Å². The predicted octanol–water partition coefficient (Wildman–Crippen LogP) is 4.61. The first-order valence-corrected chi connectivity index (χ1v) is 11.0. The van der Waals surface area contributed by atoms with Gasteiger partial charge in [0, 0.05) is 23.4 Å². The van der Waals surface area contributed by atoms with Gasteiger partial charge in [-0.05, 0) is 58.0 Å². The first-order chi connectivity index (χ1) is 16.4. The van der Waals surface area contributed by atoms with Gasteiger partial charge in [0.05, 0.1) is 29.7 Å². The molecule has 0 bridgehead atoms. The summed E-state index contributed by atoms with van der Waals surface area (Å²) in [5, 5.41) is 11.6. The number of hydrogen-bond acceptors (Lipinski definition) is 6. The molecule has 0 radical (unpaired) electrons. The predicted molar refractivity (Wildman–Crippen MR) is 128 cm³/mol. The standard InChI is InChI=1S/C26H28N4O4/c1-16-22(18(3)30(28-16)21-9-7-6-8-10-21)14-27-26(31)20-11-12-24(25(13-20)32-5)33-15-23-17(2)29-34-19(23)4/h6-13H,14-15H2,1-5H3,(H,27,31). The van der Waals surface area contributed by atoms with Crippen molar-refractivity contribution in [2.75, 3.05) is 7.11 Å². The number of nitrogens with one attached hydrogen (secondary N) is 1. The molecule has 2 aromatic carbocycles. The number of nitrogens with zero attached hydrogens (tertiary/aromatic N) is 3. The number of aryl methyl sites for hydroxylation is 3. The molecule has 0 saturated carbocycles. The minimum atomic E-state index is -0.207. The Bertz CT molecular complexity index is 1290. The molecule has 0 fully saturated rings. The number of ether oxygens (including phenoxy) is 2. The number of amides is 1. The highest BCUT2D eigenvalue weighted by Gasteiger charge is 2.17. The fourth-order valence-electron chi connectivity index (χ4n) is 3.81. The van der Waals surface area contributed by atoms with Crippen LogP contribution in [0, 0.1) is 27.7 Å². The van der Waals surface area contributed by atoms with Gasteiger partial charge in [-0.3, -0.25) is 4.79 Å². The summed E-state index contributed by atoms with van der Waals surface area (Å²) in [6.07, 6.45) is 0. The number of carbonyl (C=O) groups excluding carboxylic acids is 1. The van der Waals surface area contributed by atoms with Crippen molar-refractivity contribution in [1.29, 1.82) is 0 Å². The van der Waals surface area contributed by atoms with Crippen LogP contribution in [0.2, 0.25) is 0 Å². The van der Waals surface area contributed by atoms with E-state index < -0.39 is 0 Å². The van der Waals surface area contributed by atoms with Crippen LogP contribution < -0.4 is 14.8 Å². The van der Waals surface area contributed by atoms with Gasteiger partial charge in [0.25, 0.3) is 5.91 Å². The second-order valence-electron chi connectivity index (χ2n) is 8.04. The van der Waals surface area contributed by atoms with Crippen molar-refractivity contribution < 1.29 is 18.8 Å². The molecule has 0 aliphatic rings. The van der Waals surface area contributed by atoms with Gasteiger partial charge in [-0.15, -0.1) is 0 Å². The number of hydrogen-bond donors (Lipinski definition) is 1. The second-order valence-corrected chi connectivity index (χ2v) is 8.04. The van der Waals surface area contributed by atoms with Gasteiger partial charge < -0.3 is 19.3 Å². The molecule has 2 aromatic heterocycles. The number of carbonyl (C=O) groups is 1. The lowest BCUT2D eigenvalue weighted by atomic mass is 10.1. The minimum Gasteiger partial charge on any atom is -0.493 e. The van der Waals surface area contributed by atoms with Crippen LogP contribution >= 0.6 is 0 Å². The van der Waals surface area contributed by atoms with Crippen LogP contribution in [-0.2, 0) is 13.2 Å². The molecule has 4 aromatic rings. The quantitative estimate of drug-likeness (QED) is 0.413. The smallest absolute Gasteiger partial charge is 0.251 e. The lowest BCUT2D eigenvalue weighted by Gasteiger charge is -2.12. The van der Waals surface area contributed by atoms with E-state index in [4.69, 9.17) is 14.0 Å². The normalized spacial score (nSPS) is 10.9. The fourth-order valence-corrected chi connectivity index (χ4v) is 3.81. The Labute approximate surface area is 198 Å². The summed E-state index contributed by atoms with van der Waals surface area (Å²) in [6, 6.07) is 15.0. The molecule has 176 valence electrons. The van der Waals surface area contributed by atoms with Crippen LogP contribution in [0.3, 0.4) is 0 Å². The Morgan fingerprint density at radius 3 is 2.44 bits per heavy atom. The van der Waals surface area contributed by atoms with E-state index in [1.54, 1.807) is 25.3 Å². The highest BCUT2D eigenvalue weighted by Crippen LogP contribution is 2.29. The van der Waals surface area contributed by atoms with Crippen molar-refractivity contribution in [2.45, 2.75) is 40.8 Å². The zero-order valence-corrected chi connectivity index (χ0v) is 20.0. The molecule has 0 saturated heterocycles. The van der Waals surface area contributed by atoms with Crippen LogP contribution in [0.4, 0.5) is 0 Å². The molecule has 0 aliphatic carbocycles. The molecular formula is C26H28N4O4. The largest absolute Gasteiger partial charge is 0.493 e. The number of para-hydroxylation sites is 1. The minimum absolute atomic E-state index is 0.207. The number of benzene rings is 2. The Hall–Kier alpha value is -4.07. The monoisotopic (exact) mass is 460 g/mol. The van der Waals surface area contributed by atoms with Gasteiger partial charge in [0.2, 0.25) is 0 Å². The molecule has 8 nitrogen and oxygen atoms in total. The lowest BCUT2D eigenvalue weighted by Crippen LogP contribution is -2.23. The van der Waals surface area contributed by atoms with E-state index in [0.29, 0.717) is 36.0 Å². The Morgan fingerprint density at radius 1 is 1.00 bits per heavy atom. The highest BCUT2D eigenvalue weighted by molar-refractivity contribution is 5.94. The summed E-state index contributed by atoms with van der Waals surface area (Å²) in [5.74, 6) is 1.52. The van der Waals surface area contributed by atoms with Gasteiger partial charge in [-0.2, -0.15) is 5.10 Å². The van der Waals surface area contributed by atoms with Crippen molar-refractivity contribution in [1.82, 2.24) is 20.3 Å². The van der Waals surface area contributed by atoms with Crippen LogP contribution in [0.25, 0.3) is 5.69 Å². The molecular weight excluding hydrogens is 432 g/mol. The number of rotatable bonds is 8. The molecule has 0 atom stereocenters. The van der Waals surface area contributed by atoms with E-state index >= 15 is 0 Å². The average Bonchev–Trinajstić information content (AvgIpc) is 3.33. The zero-order chi connectivity index (χ0) is 24.2. The number of methoxy groups -OCH3 is 1. The Balaban J connectivity index is 1.45. The van der Waals surface area contributed by atoms with Crippen LogP contribution in [0.5, 0.6) is 11.5 Å². The molecule has 1 amide bonds. The topological polar surface area (TPSA) is 91.4 Å². The summed E-state index contributed by atoms with van der Waals surface area (Å²) in [7, 11) is 1.55. The van der Waals surface area contributed by atoms with Gasteiger partial charge >= 0.3 is 0 Å². The Kier molecular flexibility index (Phi) is 6.67. The molecule has 34 heavy (non-hydrogen) atoms. The molecule has 0 unspecified atom stereocenters. The summed E-state index contributed by atoms with van der Waals surface area (Å²) in [6.45, 7) is 8.33. The third-order valence-corrected chi connectivity index (χ3v) is 5.85.